The molecule has 118 valence electrons. The third kappa shape index (κ3) is 4.94. The molecule has 0 bridgehead atoms. The van der Waals surface area contributed by atoms with Gasteiger partial charge in [0, 0.05) is 39.3 Å². The lowest BCUT2D eigenvalue weighted by atomic mass is 10.3. The van der Waals surface area contributed by atoms with Crippen LogP contribution in [0.1, 0.15) is 34.1 Å². The van der Waals surface area contributed by atoms with Gasteiger partial charge in [-0.1, -0.05) is 13.8 Å². The van der Waals surface area contributed by atoms with E-state index in [1.54, 1.807) is 0 Å². The second-order valence-electron chi connectivity index (χ2n) is 5.61. The van der Waals surface area contributed by atoms with Gasteiger partial charge < -0.3 is 19.4 Å². The molecule has 1 unspecified atom stereocenters. The first-order chi connectivity index (χ1) is 9.56. The highest BCUT2D eigenvalue weighted by molar-refractivity contribution is 5.75. The minimum atomic E-state index is 0.193. The lowest BCUT2D eigenvalue weighted by molar-refractivity contribution is 0.0146. The van der Waals surface area contributed by atoms with E-state index in [4.69, 9.17) is 4.74 Å². The molecule has 5 heteroatoms. The van der Waals surface area contributed by atoms with Crippen molar-refractivity contribution in [2.24, 2.45) is 0 Å². The van der Waals surface area contributed by atoms with Crippen LogP contribution in [0, 0.1) is 0 Å². The van der Waals surface area contributed by atoms with Gasteiger partial charge in [-0.15, -0.1) is 0 Å². The number of carbonyl (C=O) groups is 1. The topological polar surface area (TPSA) is 36.0 Å². The number of ether oxygens (including phenoxy) is 1. The number of hydrogen-bond donors (Lipinski definition) is 0. The number of urea groups is 1. The van der Waals surface area contributed by atoms with Crippen LogP contribution in [0.25, 0.3) is 0 Å². The van der Waals surface area contributed by atoms with Crippen LogP contribution in [0.4, 0.5) is 4.79 Å². The summed E-state index contributed by atoms with van der Waals surface area (Å²) in [4.78, 5) is 18.5. The second kappa shape index (κ2) is 8.47. The van der Waals surface area contributed by atoms with Gasteiger partial charge in [-0.3, -0.25) is 0 Å². The zero-order valence-electron chi connectivity index (χ0n) is 13.8. The van der Waals surface area contributed by atoms with E-state index in [-0.39, 0.29) is 18.2 Å². The summed E-state index contributed by atoms with van der Waals surface area (Å²) in [6, 6.07) is 0.193. The van der Waals surface area contributed by atoms with Gasteiger partial charge in [0.1, 0.15) is 0 Å². The molecule has 2 rings (SSSR count). The Morgan fingerprint density at radius 3 is 2.20 bits per heavy atom. The Balaban J connectivity index is 0.000000956. The fourth-order valence-electron chi connectivity index (χ4n) is 2.60. The summed E-state index contributed by atoms with van der Waals surface area (Å²) in [6.45, 7) is 13.3. The standard InChI is InChI=1S/C13H25N3O2.C2H6/c1-11(2)18-12-4-5-16(10-12)13(17)15-8-6-14(3)7-9-15;1-2/h11-12H,4-10H2,1-3H3;1-2H3. The van der Waals surface area contributed by atoms with Gasteiger partial charge in [0.2, 0.25) is 0 Å². The maximum absolute atomic E-state index is 12.3. The highest BCUT2D eigenvalue weighted by atomic mass is 16.5. The Kier molecular flexibility index (Phi) is 7.30. The van der Waals surface area contributed by atoms with E-state index in [1.807, 2.05) is 37.5 Å². The summed E-state index contributed by atoms with van der Waals surface area (Å²) >= 11 is 0. The highest BCUT2D eigenvalue weighted by Crippen LogP contribution is 2.16. The van der Waals surface area contributed by atoms with Gasteiger partial charge in [-0.2, -0.15) is 0 Å². The molecular weight excluding hydrogens is 254 g/mol. The normalized spacial score (nSPS) is 23.8. The summed E-state index contributed by atoms with van der Waals surface area (Å²) in [7, 11) is 2.10. The Morgan fingerprint density at radius 1 is 1.05 bits per heavy atom. The summed E-state index contributed by atoms with van der Waals surface area (Å²) in [5, 5.41) is 0. The third-order valence-corrected chi connectivity index (χ3v) is 3.65. The minimum Gasteiger partial charge on any atom is -0.374 e. The summed E-state index contributed by atoms with van der Waals surface area (Å²) in [5.41, 5.74) is 0. The molecule has 2 fully saturated rings. The second-order valence-corrected chi connectivity index (χ2v) is 5.61. The van der Waals surface area contributed by atoms with Gasteiger partial charge in [0.05, 0.1) is 12.2 Å². The average molecular weight is 285 g/mol. The van der Waals surface area contributed by atoms with Gasteiger partial charge >= 0.3 is 6.03 Å². The molecule has 0 aromatic heterocycles. The van der Waals surface area contributed by atoms with Gasteiger partial charge in [-0.05, 0) is 27.3 Å². The Labute approximate surface area is 123 Å². The SMILES string of the molecule is CC.CC(C)OC1CCN(C(=O)N2CCN(C)CC2)C1. The lowest BCUT2D eigenvalue weighted by Gasteiger charge is -2.34. The van der Waals surface area contributed by atoms with Crippen molar-refractivity contribution in [1.29, 1.82) is 0 Å². The van der Waals surface area contributed by atoms with Crippen LogP contribution >= 0.6 is 0 Å². The number of piperazine rings is 1. The Hall–Kier alpha value is -0.810. The summed E-state index contributed by atoms with van der Waals surface area (Å²) < 4.78 is 5.78. The molecule has 2 saturated heterocycles. The van der Waals surface area contributed by atoms with Crippen molar-refractivity contribution in [2.75, 3.05) is 46.3 Å². The smallest absolute Gasteiger partial charge is 0.320 e. The molecule has 0 N–H and O–H groups in total. The maximum atomic E-state index is 12.3. The van der Waals surface area contributed by atoms with Crippen molar-refractivity contribution < 1.29 is 9.53 Å². The molecule has 0 aromatic carbocycles. The molecule has 20 heavy (non-hydrogen) atoms. The number of likely N-dealkylation sites (tertiary alicyclic amines) is 1. The van der Waals surface area contributed by atoms with Crippen molar-refractivity contribution in [1.82, 2.24) is 14.7 Å². The first-order valence-electron chi connectivity index (χ1n) is 7.94. The summed E-state index contributed by atoms with van der Waals surface area (Å²) in [6.07, 6.45) is 1.44. The number of amides is 2. The number of rotatable bonds is 2. The molecule has 2 heterocycles. The van der Waals surface area contributed by atoms with E-state index in [9.17, 15) is 4.79 Å². The number of hydrogen-bond acceptors (Lipinski definition) is 3. The first-order valence-corrected chi connectivity index (χ1v) is 7.94. The lowest BCUT2D eigenvalue weighted by Crippen LogP contribution is -2.51. The maximum Gasteiger partial charge on any atom is 0.320 e. The van der Waals surface area contributed by atoms with E-state index >= 15 is 0 Å². The fourth-order valence-corrected chi connectivity index (χ4v) is 2.60. The summed E-state index contributed by atoms with van der Waals surface area (Å²) in [5.74, 6) is 0. The van der Waals surface area contributed by atoms with Crippen LogP contribution in [0.2, 0.25) is 0 Å². The quantitative estimate of drug-likeness (QED) is 0.777. The molecule has 1 atom stereocenters. The average Bonchev–Trinajstić information content (AvgIpc) is 2.89. The molecule has 5 nitrogen and oxygen atoms in total. The molecule has 0 spiro atoms. The van der Waals surface area contributed by atoms with Crippen molar-refractivity contribution in [3.63, 3.8) is 0 Å². The minimum absolute atomic E-state index is 0.193. The van der Waals surface area contributed by atoms with Crippen LogP contribution in [-0.4, -0.2) is 79.3 Å². The van der Waals surface area contributed by atoms with Crippen LogP contribution in [0.15, 0.2) is 0 Å². The van der Waals surface area contributed by atoms with Crippen molar-refractivity contribution in [3.8, 4) is 0 Å². The van der Waals surface area contributed by atoms with Gasteiger partial charge in [-0.25, -0.2) is 4.79 Å². The third-order valence-electron chi connectivity index (χ3n) is 3.65. The van der Waals surface area contributed by atoms with E-state index in [0.717, 1.165) is 45.7 Å². The van der Waals surface area contributed by atoms with E-state index in [2.05, 4.69) is 11.9 Å². The zero-order valence-corrected chi connectivity index (χ0v) is 13.8. The molecule has 2 aliphatic heterocycles. The van der Waals surface area contributed by atoms with Crippen LogP contribution in [-0.2, 0) is 4.74 Å². The fraction of sp³-hybridized carbons (Fsp3) is 0.933. The monoisotopic (exact) mass is 285 g/mol. The molecule has 0 aromatic rings. The number of nitrogens with zero attached hydrogens (tertiary/aromatic N) is 3. The van der Waals surface area contributed by atoms with Crippen LogP contribution < -0.4 is 0 Å². The van der Waals surface area contributed by atoms with E-state index < -0.39 is 0 Å². The van der Waals surface area contributed by atoms with Crippen LogP contribution in [0.5, 0.6) is 0 Å². The predicted octanol–water partition coefficient (Wildman–Crippen LogP) is 1.88. The van der Waals surface area contributed by atoms with Gasteiger partial charge in [0.15, 0.2) is 0 Å². The molecule has 0 saturated carbocycles. The molecule has 2 amide bonds. The Morgan fingerprint density at radius 2 is 1.65 bits per heavy atom. The number of likely N-dealkylation sites (N-methyl/N-ethyl adjacent to an activating group) is 1. The van der Waals surface area contributed by atoms with E-state index in [1.165, 1.54) is 0 Å². The van der Waals surface area contributed by atoms with Crippen molar-refractivity contribution in [3.05, 3.63) is 0 Å². The zero-order chi connectivity index (χ0) is 15.1. The molecule has 0 radical (unpaired) electrons. The largest absolute Gasteiger partial charge is 0.374 e. The predicted molar refractivity (Wildman–Crippen MR) is 82.0 cm³/mol. The van der Waals surface area contributed by atoms with E-state index in [0.29, 0.717) is 0 Å². The van der Waals surface area contributed by atoms with Gasteiger partial charge in [0.25, 0.3) is 0 Å². The molecular formula is C15H31N3O2. The molecule has 0 aliphatic carbocycles. The molecule has 2 aliphatic rings. The Bertz CT molecular complexity index is 289. The van der Waals surface area contributed by atoms with Crippen molar-refractivity contribution >= 4 is 6.03 Å². The first kappa shape index (κ1) is 17.2. The van der Waals surface area contributed by atoms with Crippen molar-refractivity contribution in [2.45, 2.75) is 46.3 Å². The van der Waals surface area contributed by atoms with Crippen LogP contribution in [0.3, 0.4) is 0 Å². The number of carbonyl (C=O) groups excluding carboxylic acids is 1. The highest BCUT2D eigenvalue weighted by Gasteiger charge is 2.31.